The molecule has 1 fully saturated rings. The Balaban J connectivity index is 1.52. The summed E-state index contributed by atoms with van der Waals surface area (Å²) in [6.45, 7) is 1.78. The van der Waals surface area contributed by atoms with Crippen LogP contribution >= 0.6 is 11.3 Å². The van der Waals surface area contributed by atoms with Gasteiger partial charge in [0, 0.05) is 16.6 Å². The summed E-state index contributed by atoms with van der Waals surface area (Å²) < 4.78 is 25.6. The molecule has 1 aliphatic heterocycles. The highest BCUT2D eigenvalue weighted by atomic mass is 32.2. The lowest BCUT2D eigenvalue weighted by atomic mass is 10.1. The van der Waals surface area contributed by atoms with Crippen LogP contribution in [-0.2, 0) is 21.2 Å². The van der Waals surface area contributed by atoms with E-state index in [0.717, 1.165) is 16.7 Å². The number of fused-ring (bicyclic) bond motifs is 1. The minimum Gasteiger partial charge on any atom is -0.307 e. The zero-order chi connectivity index (χ0) is 23.9. The van der Waals surface area contributed by atoms with E-state index in [2.05, 4.69) is 4.98 Å². The summed E-state index contributed by atoms with van der Waals surface area (Å²) >= 11 is 1.39. The van der Waals surface area contributed by atoms with Crippen LogP contribution in [0.15, 0.2) is 71.1 Å². The molecule has 0 aliphatic carbocycles. The second-order valence-electron chi connectivity index (χ2n) is 8.53. The number of thiophene rings is 1. The number of aromatic nitrogens is 2. The lowest BCUT2D eigenvalue weighted by Gasteiger charge is -2.28. The van der Waals surface area contributed by atoms with Gasteiger partial charge in [0.05, 0.1) is 29.3 Å². The van der Waals surface area contributed by atoms with Crippen molar-refractivity contribution in [2.24, 2.45) is 0 Å². The van der Waals surface area contributed by atoms with E-state index in [1.807, 2.05) is 42.6 Å². The summed E-state index contributed by atoms with van der Waals surface area (Å²) in [5, 5.41) is 2.40. The molecule has 0 N–H and O–H groups in total. The molecule has 174 valence electrons. The van der Waals surface area contributed by atoms with Gasteiger partial charge in [-0.15, -0.1) is 11.3 Å². The van der Waals surface area contributed by atoms with Crippen molar-refractivity contribution < 1.29 is 13.2 Å². The van der Waals surface area contributed by atoms with Crippen molar-refractivity contribution in [2.45, 2.75) is 25.9 Å². The molecule has 34 heavy (non-hydrogen) atoms. The highest BCUT2D eigenvalue weighted by Crippen LogP contribution is 2.31. The molecule has 1 amide bonds. The lowest BCUT2D eigenvalue weighted by Crippen LogP contribution is -2.44. The Morgan fingerprint density at radius 1 is 1.15 bits per heavy atom. The zero-order valence-electron chi connectivity index (χ0n) is 18.5. The summed E-state index contributed by atoms with van der Waals surface area (Å²) in [6.07, 6.45) is 1.77. The predicted octanol–water partition coefficient (Wildman–Crippen LogP) is 3.65. The van der Waals surface area contributed by atoms with E-state index in [9.17, 15) is 18.0 Å². The van der Waals surface area contributed by atoms with Crippen molar-refractivity contribution in [1.29, 1.82) is 0 Å². The van der Waals surface area contributed by atoms with Crippen molar-refractivity contribution in [3.63, 3.8) is 0 Å². The Morgan fingerprint density at radius 3 is 2.56 bits per heavy atom. The first-order valence-electron chi connectivity index (χ1n) is 10.9. The Bertz CT molecular complexity index is 1520. The van der Waals surface area contributed by atoms with Gasteiger partial charge in [-0.25, -0.2) is 13.4 Å². The summed E-state index contributed by atoms with van der Waals surface area (Å²) in [5.74, 6) is -0.373. The molecule has 0 saturated carbocycles. The SMILES string of the molecule is Cc1ccc(-c2csc3ncn(CC(=O)N(c4ccccc4)[C@H]4CCS(=O)(=O)C4)c(=O)c23)cc1. The van der Waals surface area contributed by atoms with Gasteiger partial charge in [0.1, 0.15) is 11.4 Å². The molecule has 0 bridgehead atoms. The van der Waals surface area contributed by atoms with E-state index in [1.54, 1.807) is 24.3 Å². The summed E-state index contributed by atoms with van der Waals surface area (Å²) in [4.78, 5) is 33.5. The Morgan fingerprint density at radius 2 is 1.88 bits per heavy atom. The standard InChI is InChI=1S/C25H23N3O4S2/c1-17-7-9-18(10-8-17)21-14-33-24-23(21)25(30)27(16-26-24)13-22(29)28(19-5-3-2-4-6-19)20-11-12-34(31,32)15-20/h2-10,14,16,20H,11-13,15H2,1H3/t20-/m0/s1. The Labute approximate surface area is 201 Å². The van der Waals surface area contributed by atoms with Gasteiger partial charge in [0.2, 0.25) is 5.91 Å². The number of para-hydroxylation sites is 1. The van der Waals surface area contributed by atoms with Crippen LogP contribution in [-0.4, -0.2) is 41.4 Å². The van der Waals surface area contributed by atoms with E-state index >= 15 is 0 Å². The average molecular weight is 494 g/mol. The third kappa shape index (κ3) is 4.28. The van der Waals surface area contributed by atoms with E-state index in [-0.39, 0.29) is 29.5 Å². The molecule has 7 nitrogen and oxygen atoms in total. The summed E-state index contributed by atoms with van der Waals surface area (Å²) in [7, 11) is -3.20. The molecule has 3 heterocycles. The molecule has 0 spiro atoms. The first-order chi connectivity index (χ1) is 16.3. The fraction of sp³-hybridized carbons (Fsp3) is 0.240. The number of hydrogen-bond donors (Lipinski definition) is 0. The fourth-order valence-corrected chi connectivity index (χ4v) is 6.98. The molecule has 1 atom stereocenters. The number of aryl methyl sites for hydroxylation is 1. The smallest absolute Gasteiger partial charge is 0.263 e. The molecular formula is C25H23N3O4S2. The molecule has 2 aromatic heterocycles. The molecule has 2 aromatic carbocycles. The minimum atomic E-state index is -3.20. The normalized spacial score (nSPS) is 17.1. The first kappa shape index (κ1) is 22.5. The number of rotatable bonds is 5. The second kappa shape index (κ2) is 8.81. The van der Waals surface area contributed by atoms with Gasteiger partial charge in [-0.1, -0.05) is 48.0 Å². The number of carbonyl (C=O) groups is 1. The van der Waals surface area contributed by atoms with Crippen LogP contribution in [0.1, 0.15) is 12.0 Å². The predicted molar refractivity (Wildman–Crippen MR) is 135 cm³/mol. The third-order valence-electron chi connectivity index (χ3n) is 6.11. The number of benzene rings is 2. The molecule has 1 aliphatic rings. The summed E-state index contributed by atoms with van der Waals surface area (Å²) in [6, 6.07) is 16.5. The second-order valence-corrected chi connectivity index (χ2v) is 11.6. The maximum atomic E-state index is 13.5. The zero-order valence-corrected chi connectivity index (χ0v) is 20.2. The number of carbonyl (C=O) groups excluding carboxylic acids is 1. The maximum absolute atomic E-state index is 13.5. The highest BCUT2D eigenvalue weighted by molar-refractivity contribution is 7.91. The van der Waals surface area contributed by atoms with E-state index < -0.39 is 15.9 Å². The van der Waals surface area contributed by atoms with E-state index in [0.29, 0.717) is 22.3 Å². The van der Waals surface area contributed by atoms with E-state index in [4.69, 9.17) is 0 Å². The van der Waals surface area contributed by atoms with Crippen LogP contribution in [0.2, 0.25) is 0 Å². The van der Waals surface area contributed by atoms with E-state index in [1.165, 1.54) is 27.1 Å². The third-order valence-corrected chi connectivity index (χ3v) is 8.74. The fourth-order valence-electron chi connectivity index (χ4n) is 4.37. The molecule has 5 rings (SSSR count). The van der Waals surface area contributed by atoms with Crippen LogP contribution in [0.4, 0.5) is 5.69 Å². The van der Waals surface area contributed by atoms with Crippen molar-refractivity contribution >= 4 is 43.0 Å². The largest absolute Gasteiger partial charge is 0.307 e. The lowest BCUT2D eigenvalue weighted by molar-refractivity contribution is -0.119. The van der Waals surface area contributed by atoms with Gasteiger partial charge in [0.25, 0.3) is 5.56 Å². The first-order valence-corrected chi connectivity index (χ1v) is 13.6. The van der Waals surface area contributed by atoms with Crippen molar-refractivity contribution in [3.8, 4) is 11.1 Å². The van der Waals surface area contributed by atoms with Gasteiger partial charge in [0.15, 0.2) is 9.84 Å². The number of sulfone groups is 1. The van der Waals surface area contributed by atoms with Gasteiger partial charge < -0.3 is 4.90 Å². The number of hydrogen-bond acceptors (Lipinski definition) is 6. The quantitative estimate of drug-likeness (QED) is 0.423. The Kier molecular flexibility index (Phi) is 5.83. The van der Waals surface area contributed by atoms with Crippen LogP contribution in [0.3, 0.4) is 0 Å². The van der Waals surface area contributed by atoms with Crippen LogP contribution in [0, 0.1) is 6.92 Å². The topological polar surface area (TPSA) is 89.3 Å². The van der Waals surface area contributed by atoms with Gasteiger partial charge in [-0.05, 0) is 31.0 Å². The molecular weight excluding hydrogens is 470 g/mol. The molecule has 9 heteroatoms. The maximum Gasteiger partial charge on any atom is 0.263 e. The molecule has 0 unspecified atom stereocenters. The monoisotopic (exact) mass is 493 g/mol. The van der Waals surface area contributed by atoms with Crippen molar-refractivity contribution in [2.75, 3.05) is 16.4 Å². The van der Waals surface area contributed by atoms with Crippen molar-refractivity contribution in [1.82, 2.24) is 9.55 Å². The van der Waals surface area contributed by atoms with Crippen LogP contribution in [0.5, 0.6) is 0 Å². The molecule has 1 saturated heterocycles. The number of amides is 1. The highest BCUT2D eigenvalue weighted by Gasteiger charge is 2.35. The van der Waals surface area contributed by atoms with Gasteiger partial charge >= 0.3 is 0 Å². The minimum absolute atomic E-state index is 0.0521. The number of nitrogens with zero attached hydrogens (tertiary/aromatic N) is 3. The summed E-state index contributed by atoms with van der Waals surface area (Å²) in [5.41, 5.74) is 3.16. The van der Waals surface area contributed by atoms with Crippen LogP contribution < -0.4 is 10.5 Å². The van der Waals surface area contributed by atoms with Crippen molar-refractivity contribution in [3.05, 3.63) is 82.2 Å². The number of anilines is 1. The molecule has 4 aromatic rings. The Hall–Kier alpha value is -3.30. The van der Waals surface area contributed by atoms with Crippen LogP contribution in [0.25, 0.3) is 21.3 Å². The van der Waals surface area contributed by atoms with Gasteiger partial charge in [-0.2, -0.15) is 0 Å². The average Bonchev–Trinajstić information content (AvgIpc) is 3.41. The molecule has 0 radical (unpaired) electrons. The van der Waals surface area contributed by atoms with Gasteiger partial charge in [-0.3, -0.25) is 14.2 Å².